The first kappa shape index (κ1) is 10.2. The molecule has 14 heavy (non-hydrogen) atoms. The van der Waals surface area contributed by atoms with E-state index >= 15 is 0 Å². The second-order valence-corrected chi connectivity index (χ2v) is 3.45. The molecule has 3 N–H and O–H groups in total. The molecule has 1 aliphatic rings. The van der Waals surface area contributed by atoms with Gasteiger partial charge in [-0.05, 0) is 0 Å². The molecule has 0 aromatic rings. The van der Waals surface area contributed by atoms with Crippen LogP contribution in [0.15, 0.2) is 4.99 Å². The zero-order valence-electron chi connectivity index (χ0n) is 8.15. The minimum Gasteiger partial charge on any atom is -0.286 e. The normalized spacial score (nSPS) is 20.3. The van der Waals surface area contributed by atoms with Gasteiger partial charge in [-0.15, -0.1) is 0 Å². The number of hydrogen-bond donors (Lipinski definition) is 2. The smallest absolute Gasteiger partial charge is 0.286 e. The van der Waals surface area contributed by atoms with Gasteiger partial charge in [0.1, 0.15) is 0 Å². The van der Waals surface area contributed by atoms with Crippen molar-refractivity contribution in [3.63, 3.8) is 0 Å². The fourth-order valence-electron chi connectivity index (χ4n) is 1.18. The van der Waals surface area contributed by atoms with Crippen LogP contribution in [0, 0.1) is 34.5 Å². The zero-order chi connectivity index (χ0) is 10.7. The molecule has 0 saturated heterocycles. The first-order valence-electron chi connectivity index (χ1n) is 4.36. The van der Waals surface area contributed by atoms with Gasteiger partial charge in [-0.25, -0.2) is 4.99 Å². The van der Waals surface area contributed by atoms with Crippen LogP contribution in [-0.2, 0) is 0 Å². The van der Waals surface area contributed by atoms with Crippen molar-refractivity contribution in [2.24, 2.45) is 22.6 Å². The Labute approximate surface area is 82.6 Å². The van der Waals surface area contributed by atoms with E-state index in [1.54, 1.807) is 0 Å². The van der Waals surface area contributed by atoms with E-state index in [2.05, 4.69) is 9.98 Å². The van der Waals surface area contributed by atoms with Gasteiger partial charge in [-0.3, -0.25) is 10.7 Å². The number of rotatable bonds is 2. The summed E-state index contributed by atoms with van der Waals surface area (Å²) in [6.07, 6.45) is -0.116. The van der Waals surface area contributed by atoms with Crippen LogP contribution in [0.3, 0.4) is 0 Å². The van der Waals surface area contributed by atoms with Gasteiger partial charge in [0.05, 0.1) is 12.1 Å². The highest BCUT2D eigenvalue weighted by molar-refractivity contribution is 6.41. The lowest BCUT2D eigenvalue weighted by Crippen LogP contribution is -2.80. The van der Waals surface area contributed by atoms with Crippen LogP contribution in [0.25, 0.3) is 0 Å². The summed E-state index contributed by atoms with van der Waals surface area (Å²) >= 11 is 0. The Kier molecular flexibility index (Phi) is 2.83. The summed E-state index contributed by atoms with van der Waals surface area (Å²) in [7, 11) is 0. The Morgan fingerprint density at radius 2 is 2.00 bits per heavy atom. The molecule has 1 atom stereocenters. The molecule has 0 spiro atoms. The van der Waals surface area contributed by atoms with Crippen molar-refractivity contribution < 1.29 is 4.99 Å². The van der Waals surface area contributed by atoms with Crippen molar-refractivity contribution in [1.29, 1.82) is 10.5 Å². The van der Waals surface area contributed by atoms with Crippen molar-refractivity contribution in [1.82, 2.24) is 0 Å². The van der Waals surface area contributed by atoms with Crippen LogP contribution in [0.4, 0.5) is 0 Å². The van der Waals surface area contributed by atoms with Gasteiger partial charge in [-0.2, -0.15) is 10.5 Å². The Morgan fingerprint density at radius 3 is 2.36 bits per heavy atom. The highest BCUT2D eigenvalue weighted by Gasteiger charge is 2.31. The quantitative estimate of drug-likeness (QED) is 0.555. The van der Waals surface area contributed by atoms with Crippen LogP contribution in [-0.4, -0.2) is 17.7 Å². The number of nitrogens with one attached hydrogen (secondary N) is 1. The number of amidine groups is 1. The second kappa shape index (κ2) is 3.89. The first-order valence-corrected chi connectivity index (χ1v) is 4.36. The van der Waals surface area contributed by atoms with Crippen molar-refractivity contribution >= 4 is 11.5 Å². The summed E-state index contributed by atoms with van der Waals surface area (Å²) in [5.41, 5.74) is 6.00. The fourth-order valence-corrected chi connectivity index (χ4v) is 1.18. The molecule has 5 nitrogen and oxygen atoms in total. The lowest BCUT2D eigenvalue weighted by molar-refractivity contribution is -0.504. The van der Waals surface area contributed by atoms with Gasteiger partial charge in [0.2, 0.25) is 0 Å². The van der Waals surface area contributed by atoms with Gasteiger partial charge in [0.25, 0.3) is 5.84 Å². The van der Waals surface area contributed by atoms with E-state index in [4.69, 9.17) is 16.3 Å². The van der Waals surface area contributed by atoms with E-state index in [-0.39, 0.29) is 12.1 Å². The molecule has 0 fully saturated rings. The molecule has 1 rings (SSSR count). The van der Waals surface area contributed by atoms with Gasteiger partial charge < -0.3 is 0 Å². The highest BCUT2D eigenvalue weighted by atomic mass is 15.1. The monoisotopic (exact) mass is 190 g/mol. The predicted molar refractivity (Wildman–Crippen MR) is 50.9 cm³/mol. The van der Waals surface area contributed by atoms with E-state index in [1.807, 2.05) is 26.0 Å². The molecule has 0 aromatic heterocycles. The van der Waals surface area contributed by atoms with E-state index in [0.717, 1.165) is 0 Å². The second-order valence-electron chi connectivity index (χ2n) is 3.45. The summed E-state index contributed by atoms with van der Waals surface area (Å²) in [6.45, 7) is 3.98. The van der Waals surface area contributed by atoms with Crippen LogP contribution in [0.5, 0.6) is 0 Å². The average molecular weight is 190 g/mol. The molecule has 0 aliphatic carbocycles. The number of nitriles is 2. The van der Waals surface area contributed by atoms with Crippen molar-refractivity contribution in [3.05, 3.63) is 0 Å². The van der Waals surface area contributed by atoms with Gasteiger partial charge >= 0.3 is 0 Å². The SMILES string of the molecule is CC(C)[C@H]1N=C(C(C#N)C#N)C(N)=[NH+]1. The molecular weight excluding hydrogens is 178 g/mol. The van der Waals surface area contributed by atoms with E-state index in [1.165, 1.54) is 0 Å². The predicted octanol–water partition coefficient (Wildman–Crippen LogP) is -1.48. The summed E-state index contributed by atoms with van der Waals surface area (Å²) in [5.74, 6) is -0.243. The Morgan fingerprint density at radius 1 is 1.43 bits per heavy atom. The topological polar surface area (TPSA) is 99.9 Å². The minimum atomic E-state index is -0.869. The third-order valence-corrected chi connectivity index (χ3v) is 2.02. The minimum absolute atomic E-state index is 0.116. The molecule has 1 aliphatic heterocycles. The molecule has 0 radical (unpaired) electrons. The maximum absolute atomic E-state index is 8.68. The molecule has 0 amide bonds. The summed E-state index contributed by atoms with van der Waals surface area (Å²) in [4.78, 5) is 7.15. The fraction of sp³-hybridized carbons (Fsp3) is 0.556. The average Bonchev–Trinajstić information content (AvgIpc) is 2.51. The summed E-state index contributed by atoms with van der Waals surface area (Å²) in [6, 6.07) is 3.70. The lowest BCUT2D eigenvalue weighted by atomic mass is 10.1. The van der Waals surface area contributed by atoms with Gasteiger partial charge in [-0.1, -0.05) is 13.8 Å². The Balaban J connectivity index is 2.95. The molecule has 0 saturated carbocycles. The molecule has 72 valence electrons. The van der Waals surface area contributed by atoms with E-state index < -0.39 is 5.92 Å². The zero-order valence-corrected chi connectivity index (χ0v) is 8.15. The lowest BCUT2D eigenvalue weighted by Gasteiger charge is -2.03. The van der Waals surface area contributed by atoms with Crippen LogP contribution in [0.2, 0.25) is 0 Å². The molecule has 1 heterocycles. The van der Waals surface area contributed by atoms with Crippen LogP contribution < -0.4 is 10.7 Å². The molecule has 0 bridgehead atoms. The van der Waals surface area contributed by atoms with Crippen molar-refractivity contribution in [2.45, 2.75) is 20.0 Å². The number of nitrogens with zero attached hydrogens (tertiary/aromatic N) is 3. The van der Waals surface area contributed by atoms with Crippen LogP contribution in [0.1, 0.15) is 13.8 Å². The number of hydrogen-bond acceptors (Lipinski definition) is 4. The third kappa shape index (κ3) is 1.72. The maximum atomic E-state index is 8.68. The highest BCUT2D eigenvalue weighted by Crippen LogP contribution is 2.05. The largest absolute Gasteiger partial charge is 0.291 e. The van der Waals surface area contributed by atoms with E-state index in [0.29, 0.717) is 11.5 Å². The maximum Gasteiger partial charge on any atom is 0.291 e. The summed E-state index contributed by atoms with van der Waals surface area (Å²) in [5, 5.41) is 17.4. The Bertz CT molecular complexity index is 352. The van der Waals surface area contributed by atoms with Gasteiger partial charge in [0, 0.05) is 5.92 Å². The Hall–Kier alpha value is -1.88. The third-order valence-electron chi connectivity index (χ3n) is 2.02. The van der Waals surface area contributed by atoms with Gasteiger partial charge in [0.15, 0.2) is 17.8 Å². The van der Waals surface area contributed by atoms with Crippen LogP contribution >= 0.6 is 0 Å². The van der Waals surface area contributed by atoms with Crippen molar-refractivity contribution in [2.75, 3.05) is 0 Å². The van der Waals surface area contributed by atoms with E-state index in [9.17, 15) is 0 Å². The number of aliphatic imine (C=N–C) groups is 1. The number of nitrogens with two attached hydrogens (primary N) is 1. The van der Waals surface area contributed by atoms with Crippen molar-refractivity contribution in [3.8, 4) is 12.1 Å². The molecule has 0 aromatic carbocycles. The summed E-state index contributed by atoms with van der Waals surface area (Å²) < 4.78 is 0. The molecule has 0 unspecified atom stereocenters. The standard InChI is InChI=1S/C9H11N5/c1-5(2)9-13-7(8(12)14-9)6(3-10)4-11/h5-6,9H,1-2H3,(H2,12,14)/p+1/t9-/m0/s1. The molecular formula is C9H12N5+. The molecule has 5 heteroatoms. The first-order chi connectivity index (χ1) is 6.60.